The van der Waals surface area contributed by atoms with Gasteiger partial charge in [-0.25, -0.2) is 0 Å². The number of phenolic OH excluding ortho intramolecular Hbond substituents is 1. The van der Waals surface area contributed by atoms with Gasteiger partial charge >= 0.3 is 0 Å². The quantitative estimate of drug-likeness (QED) is 0.794. The Hall–Kier alpha value is -1.68. The molecule has 2 N–H and O–H groups in total. The van der Waals surface area contributed by atoms with Gasteiger partial charge in [0.05, 0.1) is 18.8 Å². The van der Waals surface area contributed by atoms with Crippen LogP contribution in [0.15, 0.2) is 40.9 Å². The van der Waals surface area contributed by atoms with Crippen molar-refractivity contribution < 1.29 is 9.84 Å². The Morgan fingerprint density at radius 2 is 2.00 bits per heavy atom. The molecule has 0 saturated carbocycles. The second-order valence-corrected chi connectivity index (χ2v) is 5.88. The monoisotopic (exact) mass is 349 g/mol. The molecule has 0 radical (unpaired) electrons. The molecule has 0 heterocycles. The summed E-state index contributed by atoms with van der Waals surface area (Å²) in [5.41, 5.74) is 2.94. The number of nitrogens with one attached hydrogen (secondary N) is 1. The van der Waals surface area contributed by atoms with Gasteiger partial charge in [0.25, 0.3) is 0 Å². The first-order valence-corrected chi connectivity index (χ1v) is 7.74. The van der Waals surface area contributed by atoms with Crippen LogP contribution >= 0.6 is 15.9 Å². The van der Waals surface area contributed by atoms with Crippen molar-refractivity contribution in [2.24, 2.45) is 0 Å². The number of ether oxygens (including phenoxy) is 1. The second kappa shape index (κ2) is 6.85. The number of rotatable bonds is 5. The van der Waals surface area contributed by atoms with Gasteiger partial charge in [-0.05, 0) is 37.1 Å². The minimum atomic E-state index is 0.0278. The second-order valence-electron chi connectivity index (χ2n) is 4.96. The topological polar surface area (TPSA) is 41.5 Å². The Morgan fingerprint density at radius 3 is 2.62 bits per heavy atom. The molecule has 2 aromatic rings. The Balaban J connectivity index is 2.38. The van der Waals surface area contributed by atoms with E-state index in [-0.39, 0.29) is 6.04 Å². The van der Waals surface area contributed by atoms with Gasteiger partial charge < -0.3 is 15.2 Å². The molecule has 0 bridgehead atoms. The first kappa shape index (κ1) is 15.7. The van der Waals surface area contributed by atoms with E-state index in [1.165, 1.54) is 0 Å². The fourth-order valence-electron chi connectivity index (χ4n) is 2.41. The molecule has 0 spiro atoms. The molecule has 2 rings (SSSR count). The zero-order chi connectivity index (χ0) is 15.4. The summed E-state index contributed by atoms with van der Waals surface area (Å²) in [7, 11) is 1.66. The van der Waals surface area contributed by atoms with E-state index in [1.807, 2.05) is 37.3 Å². The highest BCUT2D eigenvalue weighted by Gasteiger charge is 2.16. The van der Waals surface area contributed by atoms with E-state index in [0.717, 1.165) is 33.5 Å². The van der Waals surface area contributed by atoms with E-state index in [2.05, 4.69) is 28.2 Å². The zero-order valence-electron chi connectivity index (χ0n) is 12.5. The molecule has 2 aromatic carbocycles. The average Bonchev–Trinajstić information content (AvgIpc) is 2.47. The van der Waals surface area contributed by atoms with Gasteiger partial charge in [0.2, 0.25) is 0 Å². The van der Waals surface area contributed by atoms with Crippen molar-refractivity contribution in [3.8, 4) is 11.5 Å². The third kappa shape index (κ3) is 3.50. The standard InChI is InChI=1S/C17H20BrNO2/c1-4-14(13-7-5-6-8-15(13)20)19-17-11(2)9-12(18)10-16(17)21-3/h5-10,14,19-20H,4H2,1-3H3. The number of anilines is 1. The molecule has 112 valence electrons. The zero-order valence-corrected chi connectivity index (χ0v) is 14.1. The van der Waals surface area contributed by atoms with Crippen LogP contribution in [0.1, 0.15) is 30.5 Å². The van der Waals surface area contributed by atoms with Crippen molar-refractivity contribution in [1.82, 2.24) is 0 Å². The van der Waals surface area contributed by atoms with Crippen LogP contribution in [-0.4, -0.2) is 12.2 Å². The molecule has 0 fully saturated rings. The Labute approximate surface area is 134 Å². The van der Waals surface area contributed by atoms with Crippen molar-refractivity contribution in [3.63, 3.8) is 0 Å². The number of phenols is 1. The maximum atomic E-state index is 10.1. The smallest absolute Gasteiger partial charge is 0.143 e. The predicted octanol–water partition coefficient (Wildman–Crippen LogP) is 5.03. The lowest BCUT2D eigenvalue weighted by Gasteiger charge is -2.23. The summed E-state index contributed by atoms with van der Waals surface area (Å²) in [6, 6.07) is 11.4. The molecule has 0 aliphatic carbocycles. The molecule has 3 nitrogen and oxygen atoms in total. The number of benzene rings is 2. The molecule has 0 amide bonds. The van der Waals surface area contributed by atoms with Crippen LogP contribution in [0.25, 0.3) is 0 Å². The van der Waals surface area contributed by atoms with Gasteiger partial charge in [-0.2, -0.15) is 0 Å². The normalized spacial score (nSPS) is 12.0. The van der Waals surface area contributed by atoms with Gasteiger partial charge in [-0.15, -0.1) is 0 Å². The molecule has 0 aliphatic heterocycles. The summed E-state index contributed by atoms with van der Waals surface area (Å²) in [6.07, 6.45) is 0.857. The number of hydrogen-bond acceptors (Lipinski definition) is 3. The van der Waals surface area contributed by atoms with Gasteiger partial charge in [0, 0.05) is 10.0 Å². The van der Waals surface area contributed by atoms with E-state index in [1.54, 1.807) is 13.2 Å². The van der Waals surface area contributed by atoms with Crippen LogP contribution in [0.3, 0.4) is 0 Å². The molecular formula is C17H20BrNO2. The summed E-state index contributed by atoms with van der Waals surface area (Å²) in [6.45, 7) is 4.12. The van der Waals surface area contributed by atoms with Crippen molar-refractivity contribution in [3.05, 3.63) is 52.0 Å². The average molecular weight is 350 g/mol. The summed E-state index contributed by atoms with van der Waals surface area (Å²) in [4.78, 5) is 0. The van der Waals surface area contributed by atoms with Crippen molar-refractivity contribution in [1.29, 1.82) is 0 Å². The number of hydrogen-bond donors (Lipinski definition) is 2. The number of aryl methyl sites for hydroxylation is 1. The molecule has 21 heavy (non-hydrogen) atoms. The van der Waals surface area contributed by atoms with E-state index in [9.17, 15) is 5.11 Å². The first-order valence-electron chi connectivity index (χ1n) is 6.95. The molecule has 1 unspecified atom stereocenters. The lowest BCUT2D eigenvalue weighted by atomic mass is 10.0. The fourth-order valence-corrected chi connectivity index (χ4v) is 2.97. The summed E-state index contributed by atoms with van der Waals surface area (Å²) in [5.74, 6) is 1.10. The molecule has 0 aliphatic rings. The Morgan fingerprint density at radius 1 is 1.29 bits per heavy atom. The highest BCUT2D eigenvalue weighted by atomic mass is 79.9. The summed E-state index contributed by atoms with van der Waals surface area (Å²) in [5, 5.41) is 13.5. The molecular weight excluding hydrogens is 330 g/mol. The molecule has 1 atom stereocenters. The maximum absolute atomic E-state index is 10.1. The first-order chi connectivity index (χ1) is 10.1. The van der Waals surface area contributed by atoms with Gasteiger partial charge in [0.1, 0.15) is 11.5 Å². The number of aromatic hydroxyl groups is 1. The van der Waals surface area contributed by atoms with Crippen LogP contribution in [0.5, 0.6) is 11.5 Å². The van der Waals surface area contributed by atoms with E-state index in [4.69, 9.17) is 4.74 Å². The largest absolute Gasteiger partial charge is 0.508 e. The third-order valence-corrected chi connectivity index (χ3v) is 3.98. The van der Waals surface area contributed by atoms with E-state index in [0.29, 0.717) is 5.75 Å². The van der Waals surface area contributed by atoms with Crippen LogP contribution in [0, 0.1) is 6.92 Å². The third-order valence-electron chi connectivity index (χ3n) is 3.52. The van der Waals surface area contributed by atoms with Crippen LogP contribution in [-0.2, 0) is 0 Å². The van der Waals surface area contributed by atoms with Crippen molar-refractivity contribution in [2.75, 3.05) is 12.4 Å². The SMILES string of the molecule is CCC(Nc1c(C)cc(Br)cc1OC)c1ccccc1O. The number of para-hydroxylation sites is 1. The van der Waals surface area contributed by atoms with Crippen molar-refractivity contribution >= 4 is 21.6 Å². The van der Waals surface area contributed by atoms with Crippen LogP contribution in [0.4, 0.5) is 5.69 Å². The van der Waals surface area contributed by atoms with Crippen LogP contribution < -0.4 is 10.1 Å². The molecule has 0 aromatic heterocycles. The minimum absolute atomic E-state index is 0.0278. The van der Waals surface area contributed by atoms with Crippen molar-refractivity contribution in [2.45, 2.75) is 26.3 Å². The van der Waals surface area contributed by atoms with Gasteiger partial charge in [0.15, 0.2) is 0 Å². The number of methoxy groups -OCH3 is 1. The van der Waals surface area contributed by atoms with E-state index < -0.39 is 0 Å². The fraction of sp³-hybridized carbons (Fsp3) is 0.294. The molecule has 0 saturated heterocycles. The van der Waals surface area contributed by atoms with Gasteiger partial charge in [-0.3, -0.25) is 0 Å². The molecule has 4 heteroatoms. The maximum Gasteiger partial charge on any atom is 0.143 e. The Bertz CT molecular complexity index is 628. The Kier molecular flexibility index (Phi) is 5.12. The lowest BCUT2D eigenvalue weighted by Crippen LogP contribution is -2.11. The highest BCUT2D eigenvalue weighted by molar-refractivity contribution is 9.10. The van der Waals surface area contributed by atoms with Crippen LogP contribution in [0.2, 0.25) is 0 Å². The lowest BCUT2D eigenvalue weighted by molar-refractivity contribution is 0.415. The predicted molar refractivity (Wildman–Crippen MR) is 90.2 cm³/mol. The van der Waals surface area contributed by atoms with E-state index >= 15 is 0 Å². The number of halogens is 1. The van der Waals surface area contributed by atoms with Gasteiger partial charge in [-0.1, -0.05) is 41.1 Å². The summed E-state index contributed by atoms with van der Waals surface area (Å²) >= 11 is 3.48. The highest BCUT2D eigenvalue weighted by Crippen LogP contribution is 2.36. The summed E-state index contributed by atoms with van der Waals surface area (Å²) < 4.78 is 6.45. The minimum Gasteiger partial charge on any atom is -0.508 e.